The van der Waals surface area contributed by atoms with Gasteiger partial charge in [-0.15, -0.1) is 0 Å². The molecule has 2 saturated heterocycles. The van der Waals surface area contributed by atoms with Crippen LogP contribution in [-0.4, -0.2) is 109 Å². The summed E-state index contributed by atoms with van der Waals surface area (Å²) in [6.07, 6.45) is 1.70. The smallest absolute Gasteiger partial charge is 0.410 e. The molecule has 0 N–H and O–H groups in total. The highest BCUT2D eigenvalue weighted by atomic mass is 16.6. The second kappa shape index (κ2) is 9.09. The topological polar surface area (TPSA) is 82.6 Å². The van der Waals surface area contributed by atoms with Gasteiger partial charge in [0.2, 0.25) is 5.91 Å². The molecule has 0 radical (unpaired) electrons. The second-order valence-electron chi connectivity index (χ2n) is 9.86. The zero-order chi connectivity index (χ0) is 22.1. The molecule has 2 heterocycles. The minimum Gasteiger partial charge on any atom is -0.444 e. The minimum absolute atomic E-state index is 0.165. The Morgan fingerprint density at radius 1 is 1.17 bits per heavy atom. The van der Waals surface area contributed by atoms with E-state index in [1.54, 1.807) is 9.80 Å². The summed E-state index contributed by atoms with van der Waals surface area (Å²) in [7, 11) is 4.16. The normalized spacial score (nSPS) is 28.1. The molecule has 9 heteroatoms. The van der Waals surface area contributed by atoms with Crippen LogP contribution < -0.4 is 0 Å². The van der Waals surface area contributed by atoms with Gasteiger partial charge in [-0.1, -0.05) is 0 Å². The van der Waals surface area contributed by atoms with E-state index in [-0.39, 0.29) is 18.5 Å². The Balaban J connectivity index is 1.53. The molecule has 4 amide bonds. The van der Waals surface area contributed by atoms with Gasteiger partial charge in [-0.25, -0.2) is 9.59 Å². The Labute approximate surface area is 179 Å². The fourth-order valence-electron chi connectivity index (χ4n) is 4.20. The van der Waals surface area contributed by atoms with Gasteiger partial charge in [-0.05, 0) is 53.6 Å². The van der Waals surface area contributed by atoms with Crippen molar-refractivity contribution in [2.75, 3.05) is 53.4 Å². The Bertz CT molecular complexity index is 656. The summed E-state index contributed by atoms with van der Waals surface area (Å²) < 4.78 is 11.2. The summed E-state index contributed by atoms with van der Waals surface area (Å²) in [5.74, 6) is 0.319. The number of ether oxygens (including phenoxy) is 2. The van der Waals surface area contributed by atoms with Crippen molar-refractivity contribution in [3.05, 3.63) is 0 Å². The molecule has 0 aromatic heterocycles. The van der Waals surface area contributed by atoms with Crippen molar-refractivity contribution in [1.82, 2.24) is 19.6 Å². The number of hydrogen-bond donors (Lipinski definition) is 0. The molecule has 1 saturated carbocycles. The number of hydrogen-bond acceptors (Lipinski definition) is 6. The largest absolute Gasteiger partial charge is 0.444 e. The van der Waals surface area contributed by atoms with Crippen LogP contribution in [0.1, 0.15) is 40.0 Å². The highest BCUT2D eigenvalue weighted by molar-refractivity contribution is 5.96. The highest BCUT2D eigenvalue weighted by Gasteiger charge is 2.39. The van der Waals surface area contributed by atoms with Crippen LogP contribution >= 0.6 is 0 Å². The van der Waals surface area contributed by atoms with Crippen LogP contribution in [0.5, 0.6) is 0 Å². The molecule has 170 valence electrons. The lowest BCUT2D eigenvalue weighted by Crippen LogP contribution is -2.58. The molecule has 1 atom stereocenters. The van der Waals surface area contributed by atoms with Gasteiger partial charge in [0.25, 0.3) is 0 Å². The summed E-state index contributed by atoms with van der Waals surface area (Å²) in [4.78, 5) is 44.7. The first-order chi connectivity index (χ1) is 14.0. The zero-order valence-corrected chi connectivity index (χ0v) is 18.9. The van der Waals surface area contributed by atoms with Crippen LogP contribution in [0.25, 0.3) is 0 Å². The van der Waals surface area contributed by atoms with Gasteiger partial charge in [0.15, 0.2) is 0 Å². The van der Waals surface area contributed by atoms with Crippen LogP contribution in [0.2, 0.25) is 0 Å². The summed E-state index contributed by atoms with van der Waals surface area (Å²) in [6.45, 7) is 7.92. The molecule has 9 nitrogen and oxygen atoms in total. The number of nitrogens with zero attached hydrogens (tertiary/aromatic N) is 4. The van der Waals surface area contributed by atoms with Gasteiger partial charge in [0.05, 0.1) is 25.8 Å². The third-order valence-electron chi connectivity index (χ3n) is 5.99. The third kappa shape index (κ3) is 5.63. The summed E-state index contributed by atoms with van der Waals surface area (Å²) in [5, 5.41) is 0. The van der Waals surface area contributed by atoms with Crippen LogP contribution in [-0.2, 0) is 14.3 Å². The van der Waals surface area contributed by atoms with Crippen LogP contribution in [0, 0.1) is 5.92 Å². The number of amides is 4. The summed E-state index contributed by atoms with van der Waals surface area (Å²) in [6, 6.07) is 0.347. The molecular weight excluding hydrogens is 388 g/mol. The summed E-state index contributed by atoms with van der Waals surface area (Å²) in [5.41, 5.74) is -0.572. The van der Waals surface area contributed by atoms with E-state index in [2.05, 4.69) is 19.0 Å². The molecule has 0 aromatic carbocycles. The lowest BCUT2D eigenvalue weighted by molar-refractivity contribution is -0.134. The van der Waals surface area contributed by atoms with Crippen molar-refractivity contribution in [2.24, 2.45) is 5.92 Å². The third-order valence-corrected chi connectivity index (χ3v) is 5.99. The number of morpholine rings is 1. The predicted molar refractivity (Wildman–Crippen MR) is 111 cm³/mol. The van der Waals surface area contributed by atoms with E-state index in [1.807, 2.05) is 20.8 Å². The lowest BCUT2D eigenvalue weighted by Gasteiger charge is -2.44. The average Bonchev–Trinajstić information content (AvgIpc) is 2.61. The van der Waals surface area contributed by atoms with Gasteiger partial charge >= 0.3 is 12.1 Å². The molecule has 1 aliphatic carbocycles. The predicted octanol–water partition coefficient (Wildman–Crippen LogP) is 1.62. The number of imide groups is 1. The van der Waals surface area contributed by atoms with Crippen molar-refractivity contribution < 1.29 is 23.9 Å². The molecule has 3 aliphatic rings. The monoisotopic (exact) mass is 424 g/mol. The van der Waals surface area contributed by atoms with Gasteiger partial charge in [0, 0.05) is 32.1 Å². The van der Waals surface area contributed by atoms with Crippen molar-refractivity contribution >= 4 is 18.0 Å². The van der Waals surface area contributed by atoms with E-state index in [9.17, 15) is 14.4 Å². The number of carbonyl (C=O) groups excluding carboxylic acids is 3. The quantitative estimate of drug-likeness (QED) is 0.667. The fraction of sp³-hybridized carbons (Fsp3) is 0.857. The van der Waals surface area contributed by atoms with Gasteiger partial charge in [-0.2, -0.15) is 0 Å². The average molecular weight is 425 g/mol. The van der Waals surface area contributed by atoms with Gasteiger partial charge in [0.1, 0.15) is 5.60 Å². The maximum absolute atomic E-state index is 13.0. The second-order valence-corrected chi connectivity index (χ2v) is 9.86. The van der Waals surface area contributed by atoms with E-state index < -0.39 is 17.8 Å². The lowest BCUT2D eigenvalue weighted by atomic mass is 9.79. The fourth-order valence-corrected chi connectivity index (χ4v) is 4.20. The Hall–Kier alpha value is -1.87. The first-order valence-electron chi connectivity index (χ1n) is 10.9. The van der Waals surface area contributed by atoms with Gasteiger partial charge < -0.3 is 24.2 Å². The molecular formula is C21H36N4O5. The maximum Gasteiger partial charge on any atom is 0.410 e. The number of urea groups is 1. The first-order valence-corrected chi connectivity index (χ1v) is 10.9. The molecule has 30 heavy (non-hydrogen) atoms. The molecule has 3 rings (SSSR count). The zero-order valence-electron chi connectivity index (χ0n) is 18.9. The van der Waals surface area contributed by atoms with Crippen LogP contribution in [0.3, 0.4) is 0 Å². The molecule has 3 fully saturated rings. The molecule has 1 unspecified atom stereocenters. The van der Waals surface area contributed by atoms with Gasteiger partial charge in [-0.3, -0.25) is 9.69 Å². The van der Waals surface area contributed by atoms with Crippen LogP contribution in [0.15, 0.2) is 0 Å². The van der Waals surface area contributed by atoms with Crippen molar-refractivity contribution in [2.45, 2.75) is 57.8 Å². The van der Waals surface area contributed by atoms with E-state index in [0.29, 0.717) is 51.2 Å². The molecule has 0 bridgehead atoms. The number of carbonyl (C=O) groups is 3. The molecule has 0 aromatic rings. The van der Waals surface area contributed by atoms with E-state index >= 15 is 0 Å². The summed E-state index contributed by atoms with van der Waals surface area (Å²) >= 11 is 0. The Morgan fingerprint density at radius 3 is 2.50 bits per heavy atom. The standard InChI is InChI=1S/C21H36N4O5/c1-21(2,3)30-20(28)24-8-9-29-17(13-24)14-25-18(26)6-7-23(19(25)27)12-15-10-16(11-15)22(4)5/h15-17H,6-14H2,1-5H3. The SMILES string of the molecule is CN(C)C1CC(CN2CCC(=O)N(CC3CN(C(=O)OC(C)(C)C)CCO3)C2=O)C1. The van der Waals surface area contributed by atoms with E-state index in [4.69, 9.17) is 9.47 Å². The van der Waals surface area contributed by atoms with E-state index in [1.165, 1.54) is 4.90 Å². The first kappa shape index (κ1) is 22.8. The van der Waals surface area contributed by atoms with Crippen molar-refractivity contribution in [3.63, 3.8) is 0 Å². The van der Waals surface area contributed by atoms with E-state index in [0.717, 1.165) is 12.8 Å². The number of rotatable bonds is 5. The maximum atomic E-state index is 13.0. The molecule has 2 aliphatic heterocycles. The van der Waals surface area contributed by atoms with Crippen LogP contribution in [0.4, 0.5) is 9.59 Å². The Kier molecular flexibility index (Phi) is 6.91. The minimum atomic E-state index is -0.572. The highest BCUT2D eigenvalue weighted by Crippen LogP contribution is 2.32. The molecule has 0 spiro atoms. The van der Waals surface area contributed by atoms with Crippen molar-refractivity contribution in [1.29, 1.82) is 0 Å². The Morgan fingerprint density at radius 2 is 1.87 bits per heavy atom. The van der Waals surface area contributed by atoms with Crippen molar-refractivity contribution in [3.8, 4) is 0 Å².